The number of morpholine rings is 1. The maximum absolute atomic E-state index is 5.30. The Kier molecular flexibility index (Phi) is 3.64. The van der Waals surface area contributed by atoms with Gasteiger partial charge in [0.05, 0.1) is 30.8 Å². The Balaban J connectivity index is 1.91. The number of hydrogen-bond donors (Lipinski definition) is 0. The zero-order chi connectivity index (χ0) is 10.5. The zero-order valence-electron chi connectivity index (χ0n) is 9.15. The number of rotatable bonds is 3. The third-order valence-electron chi connectivity index (χ3n) is 2.61. The molecule has 0 amide bonds. The van der Waals surface area contributed by atoms with Gasteiger partial charge in [0, 0.05) is 25.8 Å². The van der Waals surface area contributed by atoms with Gasteiger partial charge in [0.25, 0.3) is 0 Å². The van der Waals surface area contributed by atoms with Crippen LogP contribution in [0.2, 0.25) is 0 Å². The molecule has 15 heavy (non-hydrogen) atoms. The third-order valence-corrected chi connectivity index (χ3v) is 2.61. The van der Waals surface area contributed by atoms with E-state index in [-0.39, 0.29) is 0 Å². The Morgan fingerprint density at radius 2 is 1.87 bits per heavy atom. The first-order valence-corrected chi connectivity index (χ1v) is 5.48. The number of aromatic nitrogens is 2. The van der Waals surface area contributed by atoms with E-state index in [1.807, 2.05) is 12.4 Å². The highest BCUT2D eigenvalue weighted by Crippen LogP contribution is 2.04. The van der Waals surface area contributed by atoms with Crippen molar-refractivity contribution in [1.29, 1.82) is 0 Å². The highest BCUT2D eigenvalue weighted by molar-refractivity contribution is 5.02. The van der Waals surface area contributed by atoms with Crippen molar-refractivity contribution in [3.8, 4) is 0 Å². The Hall–Kier alpha value is -1.00. The molecule has 1 aliphatic rings. The van der Waals surface area contributed by atoms with Crippen molar-refractivity contribution < 1.29 is 4.74 Å². The third kappa shape index (κ3) is 2.97. The number of hydrogen-bond acceptors (Lipinski definition) is 4. The van der Waals surface area contributed by atoms with Crippen LogP contribution in [-0.2, 0) is 17.7 Å². The lowest BCUT2D eigenvalue weighted by Crippen LogP contribution is -2.35. The number of aryl methyl sites for hydroxylation is 1. The van der Waals surface area contributed by atoms with Gasteiger partial charge in [-0.15, -0.1) is 0 Å². The second-order valence-corrected chi connectivity index (χ2v) is 3.74. The molecule has 0 unspecified atom stereocenters. The predicted molar refractivity (Wildman–Crippen MR) is 57.5 cm³/mol. The van der Waals surface area contributed by atoms with E-state index in [0.29, 0.717) is 0 Å². The summed E-state index contributed by atoms with van der Waals surface area (Å²) in [6.07, 6.45) is 4.70. The zero-order valence-corrected chi connectivity index (χ0v) is 9.15. The molecule has 1 fully saturated rings. The molecule has 82 valence electrons. The fraction of sp³-hybridized carbons (Fsp3) is 0.636. The van der Waals surface area contributed by atoms with E-state index < -0.39 is 0 Å². The first-order chi connectivity index (χ1) is 7.38. The second-order valence-electron chi connectivity index (χ2n) is 3.74. The van der Waals surface area contributed by atoms with Crippen LogP contribution in [-0.4, -0.2) is 41.2 Å². The van der Waals surface area contributed by atoms with Crippen LogP contribution in [0.15, 0.2) is 12.4 Å². The quantitative estimate of drug-likeness (QED) is 0.737. The van der Waals surface area contributed by atoms with Gasteiger partial charge in [-0.2, -0.15) is 0 Å². The van der Waals surface area contributed by atoms with E-state index in [1.165, 1.54) is 0 Å². The van der Waals surface area contributed by atoms with E-state index in [4.69, 9.17) is 4.74 Å². The van der Waals surface area contributed by atoms with Crippen LogP contribution < -0.4 is 0 Å². The highest BCUT2D eigenvalue weighted by Gasteiger charge is 2.11. The summed E-state index contributed by atoms with van der Waals surface area (Å²) in [5.74, 6) is 0. The van der Waals surface area contributed by atoms with Crippen LogP contribution in [0.25, 0.3) is 0 Å². The van der Waals surface area contributed by atoms with Crippen molar-refractivity contribution in [1.82, 2.24) is 14.9 Å². The molecule has 0 saturated carbocycles. The van der Waals surface area contributed by atoms with Gasteiger partial charge in [-0.3, -0.25) is 14.9 Å². The lowest BCUT2D eigenvalue weighted by atomic mass is 10.3. The molecule has 0 radical (unpaired) electrons. The first kappa shape index (κ1) is 10.5. The summed E-state index contributed by atoms with van der Waals surface area (Å²) in [5.41, 5.74) is 2.11. The van der Waals surface area contributed by atoms with Gasteiger partial charge in [-0.1, -0.05) is 6.92 Å². The summed E-state index contributed by atoms with van der Waals surface area (Å²) in [6, 6.07) is 0. The Labute approximate surface area is 90.3 Å². The maximum atomic E-state index is 5.30. The lowest BCUT2D eigenvalue weighted by Gasteiger charge is -2.25. The summed E-state index contributed by atoms with van der Waals surface area (Å²) in [5, 5.41) is 0. The molecule has 2 heterocycles. The van der Waals surface area contributed by atoms with Crippen molar-refractivity contribution in [2.75, 3.05) is 26.3 Å². The van der Waals surface area contributed by atoms with Gasteiger partial charge in [-0.25, -0.2) is 0 Å². The average Bonchev–Trinajstić information content (AvgIpc) is 2.31. The average molecular weight is 207 g/mol. The van der Waals surface area contributed by atoms with Crippen molar-refractivity contribution in [2.45, 2.75) is 19.9 Å². The number of nitrogens with zero attached hydrogens (tertiary/aromatic N) is 3. The second kappa shape index (κ2) is 5.19. The lowest BCUT2D eigenvalue weighted by molar-refractivity contribution is 0.0336. The van der Waals surface area contributed by atoms with E-state index >= 15 is 0 Å². The van der Waals surface area contributed by atoms with Crippen LogP contribution in [0.5, 0.6) is 0 Å². The fourth-order valence-electron chi connectivity index (χ4n) is 1.63. The molecule has 0 atom stereocenters. The molecule has 0 bridgehead atoms. The monoisotopic (exact) mass is 207 g/mol. The van der Waals surface area contributed by atoms with Crippen LogP contribution in [0.4, 0.5) is 0 Å². The van der Waals surface area contributed by atoms with Crippen LogP contribution in [0, 0.1) is 0 Å². The Bertz CT molecular complexity index is 293. The van der Waals surface area contributed by atoms with E-state index in [9.17, 15) is 0 Å². The standard InChI is InChI=1S/C11H17N3O/c1-2-10-7-13-11(8-12-10)9-14-3-5-15-6-4-14/h7-8H,2-6,9H2,1H3. The van der Waals surface area contributed by atoms with Crippen LogP contribution in [0.1, 0.15) is 18.3 Å². The van der Waals surface area contributed by atoms with Crippen molar-refractivity contribution in [3.05, 3.63) is 23.8 Å². The van der Waals surface area contributed by atoms with Crippen molar-refractivity contribution >= 4 is 0 Å². The molecule has 4 nitrogen and oxygen atoms in total. The van der Waals surface area contributed by atoms with Crippen LogP contribution in [0.3, 0.4) is 0 Å². The molecule has 0 spiro atoms. The minimum absolute atomic E-state index is 0.834. The molecular weight excluding hydrogens is 190 g/mol. The molecule has 1 saturated heterocycles. The molecule has 2 rings (SSSR count). The van der Waals surface area contributed by atoms with E-state index in [2.05, 4.69) is 21.8 Å². The van der Waals surface area contributed by atoms with Gasteiger partial charge in [-0.05, 0) is 6.42 Å². The van der Waals surface area contributed by atoms with E-state index in [0.717, 1.165) is 50.7 Å². The number of ether oxygens (including phenoxy) is 1. The molecule has 1 aliphatic heterocycles. The van der Waals surface area contributed by atoms with Crippen molar-refractivity contribution in [3.63, 3.8) is 0 Å². The molecular formula is C11H17N3O. The SMILES string of the molecule is CCc1cnc(CN2CCOCC2)cn1. The summed E-state index contributed by atoms with van der Waals surface area (Å²) < 4.78 is 5.30. The van der Waals surface area contributed by atoms with Gasteiger partial charge < -0.3 is 4.74 Å². The predicted octanol–water partition coefficient (Wildman–Crippen LogP) is 0.871. The summed E-state index contributed by atoms with van der Waals surface area (Å²) in [4.78, 5) is 11.1. The molecule has 0 aromatic carbocycles. The van der Waals surface area contributed by atoms with Crippen LogP contribution >= 0.6 is 0 Å². The Morgan fingerprint density at radius 3 is 2.47 bits per heavy atom. The van der Waals surface area contributed by atoms with Gasteiger partial charge in [0.15, 0.2) is 0 Å². The van der Waals surface area contributed by atoms with Crippen molar-refractivity contribution in [2.24, 2.45) is 0 Å². The topological polar surface area (TPSA) is 38.2 Å². The molecule has 1 aromatic rings. The normalized spacial score (nSPS) is 17.9. The van der Waals surface area contributed by atoms with Gasteiger partial charge >= 0.3 is 0 Å². The minimum atomic E-state index is 0.834. The minimum Gasteiger partial charge on any atom is -0.379 e. The maximum Gasteiger partial charge on any atom is 0.0727 e. The molecule has 0 aliphatic carbocycles. The summed E-state index contributed by atoms with van der Waals surface area (Å²) in [6.45, 7) is 6.64. The molecule has 1 aromatic heterocycles. The van der Waals surface area contributed by atoms with E-state index in [1.54, 1.807) is 0 Å². The summed E-state index contributed by atoms with van der Waals surface area (Å²) in [7, 11) is 0. The van der Waals surface area contributed by atoms with Gasteiger partial charge in [0.2, 0.25) is 0 Å². The fourth-order valence-corrected chi connectivity index (χ4v) is 1.63. The van der Waals surface area contributed by atoms with Gasteiger partial charge in [0.1, 0.15) is 0 Å². The summed E-state index contributed by atoms with van der Waals surface area (Å²) >= 11 is 0. The first-order valence-electron chi connectivity index (χ1n) is 5.48. The largest absolute Gasteiger partial charge is 0.379 e. The Morgan fingerprint density at radius 1 is 1.20 bits per heavy atom. The molecule has 0 N–H and O–H groups in total. The molecule has 4 heteroatoms. The highest BCUT2D eigenvalue weighted by atomic mass is 16.5. The smallest absolute Gasteiger partial charge is 0.0727 e.